The number of nitriles is 1. The van der Waals surface area contributed by atoms with Crippen LogP contribution >= 0.6 is 7.75 Å². The van der Waals surface area contributed by atoms with E-state index in [1.54, 1.807) is 36.4 Å². The Hall–Kier alpha value is -4.48. The number of carbonyl (C=O) groups excluding carboxylic acids is 3. The molecule has 0 spiro atoms. The van der Waals surface area contributed by atoms with Crippen molar-refractivity contribution in [1.29, 1.82) is 5.26 Å². The van der Waals surface area contributed by atoms with E-state index in [4.69, 9.17) is 33.7 Å². The molecule has 5 rings (SSSR count). The van der Waals surface area contributed by atoms with E-state index in [0.717, 1.165) is 26.7 Å². The molecule has 2 aromatic heterocycles. The number of anilines is 1. The van der Waals surface area contributed by atoms with Crippen LogP contribution in [0, 0.1) is 17.2 Å². The predicted octanol–water partition coefficient (Wildman–Crippen LogP) is 3.25. The molecule has 0 bridgehead atoms. The molecule has 2 fully saturated rings. The number of nitrogens with zero attached hydrogens (tertiary/aromatic N) is 3. The first-order valence-corrected chi connectivity index (χ1v) is 16.1. The van der Waals surface area contributed by atoms with E-state index in [9.17, 15) is 24.2 Å². The third-order valence-corrected chi connectivity index (χ3v) is 8.99. The van der Waals surface area contributed by atoms with Crippen molar-refractivity contribution in [2.45, 2.75) is 63.6 Å². The summed E-state index contributed by atoms with van der Waals surface area (Å²) in [7, 11) is -4.49. The Morgan fingerprint density at radius 1 is 1.15 bits per heavy atom. The lowest BCUT2D eigenvalue weighted by Gasteiger charge is -2.30. The van der Waals surface area contributed by atoms with Gasteiger partial charge in [0, 0.05) is 20.0 Å². The van der Waals surface area contributed by atoms with Crippen LogP contribution in [-0.2, 0) is 42.4 Å². The molecule has 3 N–H and O–H groups in total. The fourth-order valence-corrected chi connectivity index (χ4v) is 6.49. The third kappa shape index (κ3) is 7.32. The number of carbonyl (C=O) groups is 3. The van der Waals surface area contributed by atoms with Crippen LogP contribution in [0.3, 0.4) is 0 Å². The monoisotopic (exact) mass is 655 g/mol. The number of para-hydroxylation sites is 1. The molecule has 2 aliphatic rings. The molecule has 1 saturated carbocycles. The standard InChI is InChI=1S/C30H34N5O10P/c1-18(29(38)40-15-21-9-10-21)34-46(39,45-22-7-5-4-6-8-22)41-17-30(16-31)28(43-20(3)37)27(42-19(2)36)26(44-30)25-12-11-24-23(32)13-14-33-35(24)25/h4-8,11-14,18,21,26-28H,9-10,15,17,32H2,1-3H3,(H,34,39)/t18-,26-,27-,28-,30+,46-/m0/s1. The van der Waals surface area contributed by atoms with Crippen LogP contribution in [0.2, 0.25) is 0 Å². The molecule has 46 heavy (non-hydrogen) atoms. The van der Waals surface area contributed by atoms with Gasteiger partial charge < -0.3 is 29.2 Å². The van der Waals surface area contributed by atoms with Crippen molar-refractivity contribution in [3.63, 3.8) is 0 Å². The molecule has 6 atom stereocenters. The summed E-state index contributed by atoms with van der Waals surface area (Å²) in [5.41, 5.74) is 5.11. The quantitative estimate of drug-likeness (QED) is 0.154. The van der Waals surface area contributed by atoms with Gasteiger partial charge in [0.05, 0.1) is 23.5 Å². The van der Waals surface area contributed by atoms with E-state index >= 15 is 0 Å². The summed E-state index contributed by atoms with van der Waals surface area (Å²) in [6, 6.07) is 13.7. The average Bonchev–Trinajstić information content (AvgIpc) is 3.68. The van der Waals surface area contributed by atoms with Crippen LogP contribution < -0.4 is 15.3 Å². The van der Waals surface area contributed by atoms with Crippen LogP contribution in [0.25, 0.3) is 5.52 Å². The molecule has 3 heterocycles. The van der Waals surface area contributed by atoms with Gasteiger partial charge in [-0.2, -0.15) is 15.4 Å². The van der Waals surface area contributed by atoms with Gasteiger partial charge in [0.25, 0.3) is 0 Å². The molecular weight excluding hydrogens is 621 g/mol. The smallest absolute Gasteiger partial charge is 0.459 e. The largest absolute Gasteiger partial charge is 0.464 e. The second-order valence-corrected chi connectivity index (χ2v) is 12.8. The van der Waals surface area contributed by atoms with Crippen LogP contribution in [0.15, 0.2) is 54.7 Å². The van der Waals surface area contributed by atoms with E-state index in [-0.39, 0.29) is 12.4 Å². The van der Waals surface area contributed by atoms with Crippen molar-refractivity contribution < 1.29 is 46.9 Å². The van der Waals surface area contributed by atoms with Crippen LogP contribution in [0.1, 0.15) is 45.4 Å². The molecule has 15 nitrogen and oxygen atoms in total. The fourth-order valence-electron chi connectivity index (χ4n) is 4.97. The van der Waals surface area contributed by atoms with Gasteiger partial charge in [0.1, 0.15) is 30.6 Å². The summed E-state index contributed by atoms with van der Waals surface area (Å²) in [5.74, 6) is -1.82. The van der Waals surface area contributed by atoms with E-state index in [2.05, 4.69) is 10.2 Å². The Labute approximate surface area is 264 Å². The fraction of sp³-hybridized carbons (Fsp3) is 0.433. The van der Waals surface area contributed by atoms with Gasteiger partial charge in [0.2, 0.25) is 5.60 Å². The SMILES string of the molecule is CC(=O)O[C@H]1[C@H](c2ccc3c(N)ccnn23)O[C@](C#N)(CO[P@@](=O)(N[C@@H](C)C(=O)OCC2CC2)Oc2ccccc2)[C@H]1OC(C)=O. The minimum Gasteiger partial charge on any atom is -0.464 e. The first-order valence-electron chi connectivity index (χ1n) is 14.5. The number of esters is 3. The number of benzene rings is 1. The highest BCUT2D eigenvalue weighted by atomic mass is 31.2. The van der Waals surface area contributed by atoms with E-state index in [1.807, 2.05) is 6.07 Å². The molecule has 1 aliphatic heterocycles. The molecule has 0 amide bonds. The Morgan fingerprint density at radius 2 is 1.87 bits per heavy atom. The van der Waals surface area contributed by atoms with Crippen molar-refractivity contribution >= 4 is 36.9 Å². The van der Waals surface area contributed by atoms with Crippen molar-refractivity contribution in [1.82, 2.24) is 14.7 Å². The lowest BCUT2D eigenvalue weighted by atomic mass is 9.95. The summed E-state index contributed by atoms with van der Waals surface area (Å²) in [5, 5.41) is 17.4. The molecule has 3 aromatic rings. The van der Waals surface area contributed by atoms with Gasteiger partial charge in [-0.1, -0.05) is 18.2 Å². The Morgan fingerprint density at radius 3 is 2.52 bits per heavy atom. The number of nitrogens with one attached hydrogen (secondary N) is 1. The number of nitrogen functional groups attached to an aromatic ring is 1. The molecule has 1 aliphatic carbocycles. The first-order chi connectivity index (χ1) is 21.9. The molecule has 0 radical (unpaired) electrons. The molecule has 244 valence electrons. The third-order valence-electron chi connectivity index (χ3n) is 7.37. The van der Waals surface area contributed by atoms with Crippen molar-refractivity contribution in [3.05, 3.63) is 60.4 Å². The summed E-state index contributed by atoms with van der Waals surface area (Å²) in [6.45, 7) is 3.09. The van der Waals surface area contributed by atoms with Crippen molar-refractivity contribution in [2.75, 3.05) is 18.9 Å². The van der Waals surface area contributed by atoms with Gasteiger partial charge in [-0.15, -0.1) is 0 Å². The van der Waals surface area contributed by atoms with E-state index in [1.165, 1.54) is 29.8 Å². The van der Waals surface area contributed by atoms with Crippen LogP contribution in [-0.4, -0.2) is 64.6 Å². The van der Waals surface area contributed by atoms with Crippen LogP contribution in [0.4, 0.5) is 5.69 Å². The number of ether oxygens (including phenoxy) is 4. The molecule has 0 unspecified atom stereocenters. The zero-order valence-corrected chi connectivity index (χ0v) is 26.3. The highest BCUT2D eigenvalue weighted by Gasteiger charge is 2.62. The van der Waals surface area contributed by atoms with Crippen molar-refractivity contribution in [3.8, 4) is 11.8 Å². The highest BCUT2D eigenvalue weighted by molar-refractivity contribution is 7.52. The number of aromatic nitrogens is 2. The summed E-state index contributed by atoms with van der Waals surface area (Å²) in [4.78, 5) is 37.3. The zero-order valence-electron chi connectivity index (χ0n) is 25.4. The Kier molecular flexibility index (Phi) is 9.64. The molecule has 1 saturated heterocycles. The first kappa shape index (κ1) is 32.9. The number of hydrogen-bond donors (Lipinski definition) is 2. The maximum atomic E-state index is 14.2. The van der Waals surface area contributed by atoms with Gasteiger partial charge in [0.15, 0.2) is 12.2 Å². The van der Waals surface area contributed by atoms with Gasteiger partial charge >= 0.3 is 25.7 Å². The van der Waals surface area contributed by atoms with E-state index in [0.29, 0.717) is 22.8 Å². The topological polar surface area (TPSA) is 203 Å². The number of nitrogens with two attached hydrogens (primary N) is 1. The maximum absolute atomic E-state index is 14.2. The minimum absolute atomic E-state index is 0.130. The van der Waals surface area contributed by atoms with Gasteiger partial charge in [-0.25, -0.2) is 9.08 Å². The summed E-state index contributed by atoms with van der Waals surface area (Å²) < 4.78 is 49.9. The number of fused-ring (bicyclic) bond motifs is 1. The minimum atomic E-state index is -4.49. The highest BCUT2D eigenvalue weighted by Crippen LogP contribution is 2.50. The predicted molar refractivity (Wildman–Crippen MR) is 160 cm³/mol. The Bertz CT molecular complexity index is 1690. The second-order valence-electron chi connectivity index (χ2n) is 11.1. The van der Waals surface area contributed by atoms with Crippen LogP contribution in [0.5, 0.6) is 5.75 Å². The summed E-state index contributed by atoms with van der Waals surface area (Å²) >= 11 is 0. The second kappa shape index (κ2) is 13.5. The molecular formula is C30H34N5O10P. The number of hydrogen-bond acceptors (Lipinski definition) is 13. The van der Waals surface area contributed by atoms with E-state index < -0.39 is 62.2 Å². The Balaban J connectivity index is 1.48. The van der Waals surface area contributed by atoms with Crippen molar-refractivity contribution in [2.24, 2.45) is 5.92 Å². The number of rotatable bonds is 13. The molecule has 16 heteroatoms. The lowest BCUT2D eigenvalue weighted by molar-refractivity contribution is -0.166. The average molecular weight is 656 g/mol. The van der Waals surface area contributed by atoms with Gasteiger partial charge in [-0.3, -0.25) is 18.9 Å². The summed E-state index contributed by atoms with van der Waals surface area (Å²) in [6.07, 6.45) is -0.791. The lowest BCUT2D eigenvalue weighted by Crippen LogP contribution is -2.49. The maximum Gasteiger partial charge on any atom is 0.459 e. The normalized spacial score (nSPS) is 24.3. The van der Waals surface area contributed by atoms with Gasteiger partial charge in [-0.05, 0) is 56.0 Å². The molecule has 1 aromatic carbocycles. The zero-order chi connectivity index (χ0) is 33.1.